The van der Waals surface area contributed by atoms with Gasteiger partial charge in [-0.2, -0.15) is 27.2 Å². The number of Topliss-reactive ketones (excluding diaryl/α,β-unsaturated/α-hetero) is 1. The smallest absolute Gasteiger partial charge is 0.398 e. The van der Waals surface area contributed by atoms with Gasteiger partial charge in [0.1, 0.15) is 12.0 Å². The van der Waals surface area contributed by atoms with E-state index in [1.807, 2.05) is 13.0 Å². The first-order valence-corrected chi connectivity index (χ1v) is 10.6. The van der Waals surface area contributed by atoms with E-state index in [0.717, 1.165) is 25.3 Å². The lowest BCUT2D eigenvalue weighted by molar-refractivity contribution is -0.155. The highest BCUT2D eigenvalue weighted by Gasteiger charge is 2.41. The Morgan fingerprint density at radius 3 is 2.46 bits per heavy atom. The number of halogens is 6. The molecule has 2 unspecified atom stereocenters. The molecule has 1 aromatic heterocycles. The Kier molecular flexibility index (Phi) is 7.38. The molecule has 184 valence electrons. The fourth-order valence-electron chi connectivity index (χ4n) is 4.03. The van der Waals surface area contributed by atoms with Crippen molar-refractivity contribution in [2.24, 2.45) is 11.8 Å². The number of fused-ring (bicyclic) bond motifs is 1. The second-order valence-electron chi connectivity index (χ2n) is 8.03. The van der Waals surface area contributed by atoms with Crippen LogP contribution >= 0.6 is 0 Å². The third-order valence-electron chi connectivity index (χ3n) is 5.84. The molecule has 1 aromatic carbocycles. The topological polar surface area (TPSA) is 63.0 Å². The van der Waals surface area contributed by atoms with Crippen molar-refractivity contribution in [1.29, 1.82) is 5.26 Å². The van der Waals surface area contributed by atoms with E-state index >= 15 is 0 Å². The third-order valence-corrected chi connectivity index (χ3v) is 5.84. The quantitative estimate of drug-likeness (QED) is 0.305. The van der Waals surface area contributed by atoms with Gasteiger partial charge >= 0.3 is 12.8 Å². The number of nitrogens with zero attached hydrogens (tertiary/aromatic N) is 2. The predicted octanol–water partition coefficient (Wildman–Crippen LogP) is 7.08. The van der Waals surface area contributed by atoms with Gasteiger partial charge in [-0.25, -0.2) is 4.39 Å². The first-order valence-electron chi connectivity index (χ1n) is 10.6. The molecule has 0 spiro atoms. The fraction of sp³-hybridized carbons (Fsp3) is 0.320. The van der Waals surface area contributed by atoms with E-state index in [9.17, 15) is 36.4 Å². The summed E-state index contributed by atoms with van der Waals surface area (Å²) in [6.45, 7) is 3.41. The molecule has 10 heteroatoms. The van der Waals surface area contributed by atoms with Crippen molar-refractivity contribution in [2.75, 3.05) is 0 Å². The van der Waals surface area contributed by atoms with Crippen molar-refractivity contribution in [3.05, 3.63) is 65.2 Å². The van der Waals surface area contributed by atoms with Crippen LogP contribution in [0.25, 0.3) is 16.7 Å². The van der Waals surface area contributed by atoms with Crippen molar-refractivity contribution in [3.8, 4) is 11.8 Å². The van der Waals surface area contributed by atoms with Gasteiger partial charge in [-0.15, -0.1) is 0 Å². The van der Waals surface area contributed by atoms with E-state index in [-0.39, 0.29) is 28.0 Å². The van der Waals surface area contributed by atoms with E-state index in [1.165, 1.54) is 12.1 Å². The molecule has 0 radical (unpaired) electrons. The van der Waals surface area contributed by atoms with Gasteiger partial charge in [0, 0.05) is 28.8 Å². The number of pyridine rings is 1. The molecule has 2 atom stereocenters. The van der Waals surface area contributed by atoms with Gasteiger partial charge in [-0.1, -0.05) is 19.9 Å². The van der Waals surface area contributed by atoms with Crippen LogP contribution in [0.2, 0.25) is 0 Å². The molecular weight excluding hydrogens is 474 g/mol. The zero-order valence-corrected chi connectivity index (χ0v) is 18.7. The van der Waals surface area contributed by atoms with Gasteiger partial charge in [0.15, 0.2) is 17.3 Å². The van der Waals surface area contributed by atoms with E-state index in [2.05, 4.69) is 16.3 Å². The predicted molar refractivity (Wildman–Crippen MR) is 117 cm³/mol. The van der Waals surface area contributed by atoms with Gasteiger partial charge < -0.3 is 4.74 Å². The molecule has 0 aliphatic heterocycles. The van der Waals surface area contributed by atoms with Gasteiger partial charge in [-0.05, 0) is 48.7 Å². The van der Waals surface area contributed by atoms with E-state index in [1.54, 1.807) is 0 Å². The van der Waals surface area contributed by atoms with Crippen molar-refractivity contribution in [3.63, 3.8) is 0 Å². The number of nitriles is 1. The van der Waals surface area contributed by atoms with E-state index in [4.69, 9.17) is 0 Å². The Labute approximate surface area is 197 Å². The number of aromatic nitrogens is 1. The minimum absolute atomic E-state index is 0.0172. The summed E-state index contributed by atoms with van der Waals surface area (Å²) in [6, 6.07) is 6.50. The summed E-state index contributed by atoms with van der Waals surface area (Å²) in [6.07, 6.45) is -2.61. The van der Waals surface area contributed by atoms with Gasteiger partial charge in [0.05, 0.1) is 11.3 Å². The summed E-state index contributed by atoms with van der Waals surface area (Å²) >= 11 is 0. The molecule has 1 aliphatic rings. The Hall–Kier alpha value is -3.61. The maximum absolute atomic E-state index is 14.5. The van der Waals surface area contributed by atoms with Crippen LogP contribution in [-0.4, -0.2) is 23.6 Å². The Morgan fingerprint density at radius 2 is 1.94 bits per heavy atom. The molecule has 0 saturated heterocycles. The van der Waals surface area contributed by atoms with Crippen LogP contribution in [-0.2, 0) is 0 Å². The highest BCUT2D eigenvalue weighted by molar-refractivity contribution is 6.07. The second-order valence-corrected chi connectivity index (χ2v) is 8.03. The zero-order chi connectivity index (χ0) is 26.1. The molecular formula is C25H20F6N2O2. The maximum atomic E-state index is 14.5. The lowest BCUT2D eigenvalue weighted by Crippen LogP contribution is -2.28. The summed E-state index contributed by atoms with van der Waals surface area (Å²) < 4.78 is 82.9. The second kappa shape index (κ2) is 9.94. The average molecular weight is 494 g/mol. The molecule has 2 aromatic rings. The molecule has 3 rings (SSSR count). The number of rotatable bonds is 7. The monoisotopic (exact) mass is 494 g/mol. The highest BCUT2D eigenvalue weighted by atomic mass is 19.4. The van der Waals surface area contributed by atoms with Crippen LogP contribution in [0, 0.1) is 29.0 Å². The summed E-state index contributed by atoms with van der Waals surface area (Å²) in [7, 11) is 0. The highest BCUT2D eigenvalue weighted by Crippen LogP contribution is 2.48. The van der Waals surface area contributed by atoms with Crippen molar-refractivity contribution in [1.82, 2.24) is 4.98 Å². The van der Waals surface area contributed by atoms with Gasteiger partial charge in [-0.3, -0.25) is 9.78 Å². The molecule has 1 heterocycles. The SMILES string of the molecule is C=C1c2cc(OC(F)F)c(F)cc2C(C#N)=C(c2ccc(C(=O)C(C)C(F)(F)F)cn2)C1CCC. The molecule has 0 amide bonds. The van der Waals surface area contributed by atoms with Gasteiger partial charge in [0.2, 0.25) is 0 Å². The van der Waals surface area contributed by atoms with Crippen molar-refractivity contribution >= 4 is 22.5 Å². The summed E-state index contributed by atoms with van der Waals surface area (Å²) in [5.41, 5.74) is 1.12. The molecule has 0 bridgehead atoms. The normalized spacial score (nSPS) is 16.7. The number of hydrogen-bond donors (Lipinski definition) is 0. The van der Waals surface area contributed by atoms with Crippen LogP contribution in [0.5, 0.6) is 5.75 Å². The molecule has 0 fully saturated rings. The lowest BCUT2D eigenvalue weighted by Gasteiger charge is -2.30. The minimum Gasteiger partial charge on any atom is -0.432 e. The van der Waals surface area contributed by atoms with Crippen LogP contribution in [0.3, 0.4) is 0 Å². The van der Waals surface area contributed by atoms with Crippen molar-refractivity contribution in [2.45, 2.75) is 39.5 Å². The lowest BCUT2D eigenvalue weighted by atomic mass is 9.73. The Balaban J connectivity index is 2.15. The molecule has 0 N–H and O–H groups in total. The van der Waals surface area contributed by atoms with Crippen LogP contribution < -0.4 is 4.74 Å². The standard InChI is InChI=1S/C25H20F6N2O2/c1-4-5-15-12(2)16-9-21(35-24(27)28)19(26)8-17(16)18(10-32)22(15)20-7-6-14(11-33-20)23(34)13(3)25(29,30)31/h6-9,11,13,15,24H,2,4-5H2,1,3H3. The minimum atomic E-state index is -4.71. The first-order chi connectivity index (χ1) is 16.4. The molecule has 0 saturated carbocycles. The van der Waals surface area contributed by atoms with Crippen LogP contribution in [0.4, 0.5) is 26.3 Å². The maximum Gasteiger partial charge on any atom is 0.398 e. The van der Waals surface area contributed by atoms with Gasteiger partial charge in [0.25, 0.3) is 0 Å². The van der Waals surface area contributed by atoms with Crippen LogP contribution in [0.1, 0.15) is 53.9 Å². The Bertz CT molecular complexity index is 1230. The summed E-state index contributed by atoms with van der Waals surface area (Å²) in [5.74, 6) is -5.67. The molecule has 1 aliphatic carbocycles. The third kappa shape index (κ3) is 5.09. The Morgan fingerprint density at radius 1 is 1.26 bits per heavy atom. The largest absolute Gasteiger partial charge is 0.432 e. The van der Waals surface area contributed by atoms with E-state index in [0.29, 0.717) is 24.0 Å². The number of hydrogen-bond acceptors (Lipinski definition) is 4. The number of ether oxygens (including phenoxy) is 1. The average Bonchev–Trinajstić information content (AvgIpc) is 2.80. The number of allylic oxidation sites excluding steroid dienone is 3. The zero-order valence-electron chi connectivity index (χ0n) is 18.7. The number of carbonyl (C=O) groups is 1. The first kappa shape index (κ1) is 26.0. The number of carbonyl (C=O) groups excluding carboxylic acids is 1. The molecule has 35 heavy (non-hydrogen) atoms. The summed E-state index contributed by atoms with van der Waals surface area (Å²) in [4.78, 5) is 16.3. The van der Waals surface area contributed by atoms with Crippen LogP contribution in [0.15, 0.2) is 37.0 Å². The fourth-order valence-corrected chi connectivity index (χ4v) is 4.03. The summed E-state index contributed by atoms with van der Waals surface area (Å²) in [5, 5.41) is 9.93. The number of benzene rings is 1. The molecule has 4 nitrogen and oxygen atoms in total. The number of alkyl halides is 5. The van der Waals surface area contributed by atoms with E-state index < -0.39 is 42.0 Å². The number of ketones is 1. The van der Waals surface area contributed by atoms with Crippen molar-refractivity contribution < 1.29 is 35.9 Å².